The van der Waals surface area contributed by atoms with Gasteiger partial charge < -0.3 is 0 Å². The van der Waals surface area contributed by atoms with Crippen molar-refractivity contribution in [2.75, 3.05) is 0 Å². The summed E-state index contributed by atoms with van der Waals surface area (Å²) in [7, 11) is -1.23. The van der Waals surface area contributed by atoms with Crippen molar-refractivity contribution in [3.8, 4) is 0 Å². The van der Waals surface area contributed by atoms with Gasteiger partial charge in [0.1, 0.15) is 15.6 Å². The smallest absolute Gasteiger partial charge is 0.144 e. The van der Waals surface area contributed by atoms with E-state index in [1.165, 1.54) is 0 Å². The normalized spacial score (nSPS) is 14.4. The maximum atomic E-state index is 11.6. The second-order valence-electron chi connectivity index (χ2n) is 3.98. The van der Waals surface area contributed by atoms with E-state index in [0.29, 0.717) is 4.60 Å². The number of hydrogen-bond donors (Lipinski definition) is 0. The highest BCUT2D eigenvalue weighted by molar-refractivity contribution is 9.10. The van der Waals surface area contributed by atoms with E-state index in [4.69, 9.17) is 0 Å². The van der Waals surface area contributed by atoms with Crippen molar-refractivity contribution in [2.45, 2.75) is 25.5 Å². The number of aromatic nitrogens is 1. The van der Waals surface area contributed by atoms with Crippen LogP contribution in [0.4, 0.5) is 0 Å². The zero-order valence-corrected chi connectivity index (χ0v) is 11.3. The summed E-state index contributed by atoms with van der Waals surface area (Å²) in [6.07, 6.45) is 3.26. The lowest BCUT2D eigenvalue weighted by atomic mass is 10.3. The van der Waals surface area contributed by atoms with Gasteiger partial charge in [0.15, 0.2) is 0 Å². The molecule has 1 rings (SSSR count). The SMILES string of the molecule is CC(C)(C)S(=O)/N=C/c1cccnc1Br. The average molecular weight is 289 g/mol. The third-order valence-electron chi connectivity index (χ3n) is 1.60. The van der Waals surface area contributed by atoms with E-state index < -0.39 is 11.0 Å². The summed E-state index contributed by atoms with van der Waals surface area (Å²) in [6, 6.07) is 3.67. The molecule has 0 aliphatic carbocycles. The molecule has 1 unspecified atom stereocenters. The van der Waals surface area contributed by atoms with Gasteiger partial charge in [0, 0.05) is 18.0 Å². The standard InChI is InChI=1S/C10H13BrN2OS/c1-10(2,3)15(14)13-7-8-5-4-6-12-9(8)11/h4-7H,1-3H3/b13-7+. The van der Waals surface area contributed by atoms with Gasteiger partial charge in [-0.25, -0.2) is 9.19 Å². The Morgan fingerprint density at radius 3 is 2.73 bits per heavy atom. The maximum Gasteiger partial charge on any atom is 0.144 e. The Morgan fingerprint density at radius 1 is 1.53 bits per heavy atom. The Labute approximate surface area is 101 Å². The molecule has 1 atom stereocenters. The minimum absolute atomic E-state index is 0.328. The van der Waals surface area contributed by atoms with Crippen LogP contribution in [0, 0.1) is 0 Å². The Kier molecular flexibility index (Phi) is 4.16. The molecule has 15 heavy (non-hydrogen) atoms. The molecule has 0 fully saturated rings. The van der Waals surface area contributed by atoms with Crippen molar-refractivity contribution in [3.05, 3.63) is 28.5 Å². The summed E-state index contributed by atoms with van der Waals surface area (Å²) in [6.45, 7) is 5.66. The molecule has 1 aromatic rings. The van der Waals surface area contributed by atoms with Crippen LogP contribution in [-0.4, -0.2) is 20.2 Å². The molecule has 1 aromatic heterocycles. The van der Waals surface area contributed by atoms with Gasteiger partial charge in [-0.05, 0) is 48.8 Å². The first-order chi connectivity index (χ1) is 6.91. The van der Waals surface area contributed by atoms with Crippen molar-refractivity contribution in [1.29, 1.82) is 0 Å². The Balaban J connectivity index is 2.84. The summed E-state index contributed by atoms with van der Waals surface area (Å²) in [4.78, 5) is 4.05. The maximum absolute atomic E-state index is 11.6. The van der Waals surface area contributed by atoms with Crippen LogP contribution in [0.2, 0.25) is 0 Å². The van der Waals surface area contributed by atoms with E-state index >= 15 is 0 Å². The number of hydrogen-bond acceptors (Lipinski definition) is 2. The van der Waals surface area contributed by atoms with Gasteiger partial charge in [0.25, 0.3) is 0 Å². The zero-order chi connectivity index (χ0) is 11.5. The largest absolute Gasteiger partial charge is 0.249 e. The minimum atomic E-state index is -1.23. The van der Waals surface area contributed by atoms with E-state index in [9.17, 15) is 4.21 Å². The summed E-state index contributed by atoms with van der Waals surface area (Å²) in [5.74, 6) is 0. The second kappa shape index (κ2) is 4.99. The molecule has 0 bridgehead atoms. The molecule has 0 aliphatic rings. The van der Waals surface area contributed by atoms with Gasteiger partial charge >= 0.3 is 0 Å². The molecular formula is C10H13BrN2OS. The van der Waals surface area contributed by atoms with Crippen molar-refractivity contribution in [3.63, 3.8) is 0 Å². The fraction of sp³-hybridized carbons (Fsp3) is 0.400. The second-order valence-corrected chi connectivity index (χ2v) is 6.66. The van der Waals surface area contributed by atoms with Crippen LogP contribution in [-0.2, 0) is 11.0 Å². The minimum Gasteiger partial charge on any atom is -0.249 e. The quantitative estimate of drug-likeness (QED) is 0.620. The molecule has 1 heterocycles. The zero-order valence-electron chi connectivity index (χ0n) is 8.90. The van der Waals surface area contributed by atoms with Gasteiger partial charge in [-0.2, -0.15) is 4.40 Å². The third-order valence-corrected chi connectivity index (χ3v) is 3.61. The van der Waals surface area contributed by atoms with E-state index in [1.54, 1.807) is 12.4 Å². The van der Waals surface area contributed by atoms with Crippen molar-refractivity contribution in [1.82, 2.24) is 4.98 Å². The van der Waals surface area contributed by atoms with Gasteiger partial charge in [-0.1, -0.05) is 0 Å². The van der Waals surface area contributed by atoms with E-state index in [0.717, 1.165) is 5.56 Å². The van der Waals surface area contributed by atoms with Gasteiger partial charge in [-0.15, -0.1) is 0 Å². The number of rotatable bonds is 2. The van der Waals surface area contributed by atoms with E-state index in [1.807, 2.05) is 32.9 Å². The molecule has 0 saturated carbocycles. The van der Waals surface area contributed by atoms with Crippen LogP contribution >= 0.6 is 15.9 Å². The predicted octanol–water partition coefficient (Wildman–Crippen LogP) is 2.73. The monoisotopic (exact) mass is 288 g/mol. The molecule has 82 valence electrons. The molecule has 5 heteroatoms. The first kappa shape index (κ1) is 12.5. The lowest BCUT2D eigenvalue weighted by Crippen LogP contribution is -2.19. The fourth-order valence-corrected chi connectivity index (χ4v) is 1.64. The molecule has 0 aromatic carbocycles. The summed E-state index contributed by atoms with van der Waals surface area (Å²) in [5.41, 5.74) is 0.829. The molecule has 0 amide bonds. The molecule has 0 saturated heterocycles. The Hall–Kier alpha value is -0.550. The molecule has 3 nitrogen and oxygen atoms in total. The van der Waals surface area contributed by atoms with Gasteiger partial charge in [0.2, 0.25) is 0 Å². The first-order valence-electron chi connectivity index (χ1n) is 4.48. The highest BCUT2D eigenvalue weighted by atomic mass is 79.9. The van der Waals surface area contributed by atoms with Crippen LogP contribution in [0.25, 0.3) is 0 Å². The Bertz CT molecular complexity index is 399. The van der Waals surface area contributed by atoms with Crippen LogP contribution in [0.3, 0.4) is 0 Å². The molecule has 0 aliphatic heterocycles. The first-order valence-corrected chi connectivity index (χ1v) is 6.38. The lowest BCUT2D eigenvalue weighted by Gasteiger charge is -2.12. The van der Waals surface area contributed by atoms with Crippen LogP contribution < -0.4 is 0 Å². The fourth-order valence-electron chi connectivity index (χ4n) is 0.758. The third kappa shape index (κ3) is 3.83. The van der Waals surface area contributed by atoms with Crippen LogP contribution in [0.15, 0.2) is 27.3 Å². The van der Waals surface area contributed by atoms with Crippen LogP contribution in [0.1, 0.15) is 26.3 Å². The van der Waals surface area contributed by atoms with Crippen molar-refractivity contribution < 1.29 is 4.21 Å². The number of pyridine rings is 1. The molecule has 0 spiro atoms. The highest BCUT2D eigenvalue weighted by Gasteiger charge is 2.18. The molecule has 0 radical (unpaired) electrons. The van der Waals surface area contributed by atoms with Crippen molar-refractivity contribution >= 4 is 33.1 Å². The molecular weight excluding hydrogens is 276 g/mol. The number of halogens is 1. The van der Waals surface area contributed by atoms with Gasteiger partial charge in [-0.3, -0.25) is 0 Å². The predicted molar refractivity (Wildman–Crippen MR) is 67.4 cm³/mol. The Morgan fingerprint density at radius 2 is 2.20 bits per heavy atom. The lowest BCUT2D eigenvalue weighted by molar-refractivity contribution is 0.651. The summed E-state index contributed by atoms with van der Waals surface area (Å²) < 4.78 is 16.0. The number of nitrogens with zero attached hydrogens (tertiary/aromatic N) is 2. The summed E-state index contributed by atoms with van der Waals surface area (Å²) in [5, 5.41) is 0. The highest BCUT2D eigenvalue weighted by Crippen LogP contribution is 2.14. The van der Waals surface area contributed by atoms with E-state index in [2.05, 4.69) is 25.3 Å². The molecule has 0 N–H and O–H groups in total. The average Bonchev–Trinajstić information content (AvgIpc) is 2.14. The van der Waals surface area contributed by atoms with Crippen LogP contribution in [0.5, 0.6) is 0 Å². The topological polar surface area (TPSA) is 42.3 Å². The summed E-state index contributed by atoms with van der Waals surface area (Å²) >= 11 is 3.30. The van der Waals surface area contributed by atoms with E-state index in [-0.39, 0.29) is 4.75 Å². The van der Waals surface area contributed by atoms with Crippen molar-refractivity contribution in [2.24, 2.45) is 4.40 Å². The van der Waals surface area contributed by atoms with Gasteiger partial charge in [0.05, 0.1) is 4.75 Å².